The molecule has 1 aromatic heterocycles. The van der Waals surface area contributed by atoms with E-state index in [9.17, 15) is 13.2 Å². The zero-order chi connectivity index (χ0) is 18.3. The summed E-state index contributed by atoms with van der Waals surface area (Å²) in [6.45, 7) is 4.98. The van der Waals surface area contributed by atoms with E-state index >= 15 is 0 Å². The number of amides is 1. The van der Waals surface area contributed by atoms with Crippen LogP contribution in [0, 0.1) is 5.92 Å². The Labute approximate surface area is 154 Å². The lowest BCUT2D eigenvalue weighted by Gasteiger charge is -2.37. The molecule has 0 radical (unpaired) electrons. The summed E-state index contributed by atoms with van der Waals surface area (Å²) in [5, 5.41) is 0. The molecule has 0 spiro atoms. The van der Waals surface area contributed by atoms with E-state index in [1.165, 1.54) is 6.42 Å². The van der Waals surface area contributed by atoms with E-state index in [-0.39, 0.29) is 17.7 Å². The highest BCUT2D eigenvalue weighted by Crippen LogP contribution is 2.47. The van der Waals surface area contributed by atoms with Crippen molar-refractivity contribution in [2.45, 2.75) is 31.7 Å². The average molecular weight is 378 g/mol. The average Bonchev–Trinajstić information content (AvgIpc) is 3.02. The Hall–Kier alpha value is -1.60. The molecule has 6 nitrogen and oxygen atoms in total. The normalized spacial score (nSPS) is 31.6. The number of hydrogen-bond acceptors (Lipinski definition) is 5. The predicted molar refractivity (Wildman–Crippen MR) is 99.5 cm³/mol. The number of rotatable bonds is 4. The molecular weight excluding hydrogens is 352 g/mol. The minimum Gasteiger partial charge on any atom is -0.461 e. The number of sulfone groups is 1. The van der Waals surface area contributed by atoms with Crippen LogP contribution >= 0.6 is 0 Å². The molecule has 3 aliphatic rings. The summed E-state index contributed by atoms with van der Waals surface area (Å²) in [5.74, 6) is 3.53. The van der Waals surface area contributed by atoms with Crippen LogP contribution in [0.25, 0.3) is 6.08 Å². The number of carbonyl (C=O) groups is 1. The van der Waals surface area contributed by atoms with Crippen molar-refractivity contribution >= 4 is 21.8 Å². The van der Waals surface area contributed by atoms with Gasteiger partial charge in [0.15, 0.2) is 9.84 Å². The Balaban J connectivity index is 1.27. The van der Waals surface area contributed by atoms with Gasteiger partial charge in [0.05, 0.1) is 11.5 Å². The van der Waals surface area contributed by atoms with Gasteiger partial charge in [-0.3, -0.25) is 9.69 Å². The van der Waals surface area contributed by atoms with Crippen molar-refractivity contribution in [3.8, 4) is 0 Å². The minimum atomic E-state index is -2.86. The summed E-state index contributed by atoms with van der Waals surface area (Å²) < 4.78 is 29.1. The molecule has 3 unspecified atom stereocenters. The molecule has 142 valence electrons. The molecular formula is C19H26N2O4S. The van der Waals surface area contributed by atoms with Gasteiger partial charge in [0.1, 0.15) is 11.5 Å². The fourth-order valence-electron chi connectivity index (χ4n) is 4.01. The fourth-order valence-corrected chi connectivity index (χ4v) is 5.77. The summed E-state index contributed by atoms with van der Waals surface area (Å²) in [6.07, 6.45) is 5.22. The van der Waals surface area contributed by atoms with Crippen LogP contribution < -0.4 is 0 Å². The lowest BCUT2D eigenvalue weighted by Crippen LogP contribution is -2.52. The van der Waals surface area contributed by atoms with Crippen LogP contribution in [0.3, 0.4) is 0 Å². The summed E-state index contributed by atoms with van der Waals surface area (Å²) in [6, 6.07) is 4.05. The highest BCUT2D eigenvalue weighted by molar-refractivity contribution is 7.91. The van der Waals surface area contributed by atoms with E-state index in [0.29, 0.717) is 30.7 Å². The maximum atomic E-state index is 12.4. The lowest BCUT2D eigenvalue weighted by molar-refractivity contribution is -0.127. The number of nitrogens with zero attached hydrogens (tertiary/aromatic N) is 2. The van der Waals surface area contributed by atoms with Crippen molar-refractivity contribution in [1.29, 1.82) is 0 Å². The highest BCUT2D eigenvalue weighted by atomic mass is 32.2. The van der Waals surface area contributed by atoms with Gasteiger partial charge in [0.25, 0.3) is 0 Å². The van der Waals surface area contributed by atoms with Crippen LogP contribution in [0.1, 0.15) is 37.2 Å². The van der Waals surface area contributed by atoms with Crippen LogP contribution in [0.2, 0.25) is 0 Å². The molecule has 1 amide bonds. The molecule has 1 saturated carbocycles. The van der Waals surface area contributed by atoms with Crippen molar-refractivity contribution in [2.24, 2.45) is 5.92 Å². The zero-order valence-corrected chi connectivity index (χ0v) is 16.0. The molecule has 1 aromatic rings. The van der Waals surface area contributed by atoms with Gasteiger partial charge in [0.2, 0.25) is 5.91 Å². The summed E-state index contributed by atoms with van der Waals surface area (Å²) in [7, 11) is -2.86. The highest BCUT2D eigenvalue weighted by Gasteiger charge is 2.36. The molecule has 2 saturated heterocycles. The molecule has 0 N–H and O–H groups in total. The summed E-state index contributed by atoms with van der Waals surface area (Å²) in [5.41, 5.74) is 0. The van der Waals surface area contributed by atoms with Crippen molar-refractivity contribution in [3.05, 3.63) is 29.7 Å². The third-order valence-corrected chi connectivity index (χ3v) is 7.61. The molecule has 1 aliphatic carbocycles. The minimum absolute atomic E-state index is 0.0126. The maximum Gasteiger partial charge on any atom is 0.246 e. The number of piperazine rings is 1. The maximum absolute atomic E-state index is 12.4. The van der Waals surface area contributed by atoms with Crippen molar-refractivity contribution in [3.63, 3.8) is 0 Å². The SMILES string of the molecule is CC1CC1c1ccc(/C=C/C(=O)N2CCN(C3CCS(=O)(=O)C3)CC2)o1. The van der Waals surface area contributed by atoms with Gasteiger partial charge < -0.3 is 9.32 Å². The van der Waals surface area contributed by atoms with Gasteiger partial charge in [-0.1, -0.05) is 6.92 Å². The van der Waals surface area contributed by atoms with Crippen molar-refractivity contribution in [2.75, 3.05) is 37.7 Å². The van der Waals surface area contributed by atoms with Crippen LogP contribution in [-0.2, 0) is 14.6 Å². The first-order chi connectivity index (χ1) is 12.4. The first-order valence-corrected chi connectivity index (χ1v) is 11.2. The molecule has 3 fully saturated rings. The quantitative estimate of drug-likeness (QED) is 0.747. The molecule has 0 bridgehead atoms. The Morgan fingerprint density at radius 3 is 2.58 bits per heavy atom. The Kier molecular flexibility index (Phi) is 4.69. The Bertz CT molecular complexity index is 805. The largest absolute Gasteiger partial charge is 0.461 e. The second kappa shape index (κ2) is 6.85. The van der Waals surface area contributed by atoms with Gasteiger partial charge in [-0.05, 0) is 37.0 Å². The summed E-state index contributed by atoms with van der Waals surface area (Å²) >= 11 is 0. The fraction of sp³-hybridized carbons (Fsp3) is 0.632. The first-order valence-electron chi connectivity index (χ1n) is 9.42. The van der Waals surface area contributed by atoms with Crippen LogP contribution in [-0.4, -0.2) is 67.9 Å². The standard InChI is InChI=1S/C19H26N2O4S/c1-14-12-17(14)18-4-2-16(25-18)3-5-19(22)21-9-7-20(8-10-21)15-6-11-26(23,24)13-15/h2-5,14-15,17H,6-13H2,1H3/b5-3+. The Morgan fingerprint density at radius 2 is 1.96 bits per heavy atom. The monoisotopic (exact) mass is 378 g/mol. The molecule has 3 heterocycles. The van der Waals surface area contributed by atoms with Gasteiger partial charge in [-0.15, -0.1) is 0 Å². The third kappa shape index (κ3) is 3.88. The number of furan rings is 1. The van der Waals surface area contributed by atoms with Gasteiger partial charge in [-0.2, -0.15) is 0 Å². The van der Waals surface area contributed by atoms with Crippen LogP contribution in [0.5, 0.6) is 0 Å². The molecule has 3 atom stereocenters. The predicted octanol–water partition coefficient (Wildman–Crippen LogP) is 1.75. The van der Waals surface area contributed by atoms with Gasteiger partial charge >= 0.3 is 0 Å². The number of hydrogen-bond donors (Lipinski definition) is 0. The summed E-state index contributed by atoms with van der Waals surface area (Å²) in [4.78, 5) is 16.4. The van der Waals surface area contributed by atoms with E-state index < -0.39 is 9.84 Å². The lowest BCUT2D eigenvalue weighted by atomic mass is 10.2. The first kappa shape index (κ1) is 17.8. The third-order valence-electron chi connectivity index (χ3n) is 5.86. The smallest absolute Gasteiger partial charge is 0.246 e. The molecule has 7 heteroatoms. The van der Waals surface area contributed by atoms with E-state index in [4.69, 9.17) is 4.42 Å². The van der Waals surface area contributed by atoms with Crippen LogP contribution in [0.15, 0.2) is 22.6 Å². The van der Waals surface area contributed by atoms with E-state index in [2.05, 4.69) is 11.8 Å². The van der Waals surface area contributed by atoms with E-state index in [1.54, 1.807) is 12.2 Å². The number of carbonyl (C=O) groups excluding carboxylic acids is 1. The van der Waals surface area contributed by atoms with Crippen molar-refractivity contribution in [1.82, 2.24) is 9.80 Å². The molecule has 0 aromatic carbocycles. The molecule has 4 rings (SSSR count). The van der Waals surface area contributed by atoms with E-state index in [0.717, 1.165) is 31.0 Å². The molecule has 2 aliphatic heterocycles. The second-order valence-electron chi connectivity index (χ2n) is 7.81. The second-order valence-corrected chi connectivity index (χ2v) is 10.0. The van der Waals surface area contributed by atoms with Gasteiger partial charge in [0, 0.05) is 44.2 Å². The molecule has 26 heavy (non-hydrogen) atoms. The van der Waals surface area contributed by atoms with Gasteiger partial charge in [-0.25, -0.2) is 8.42 Å². The zero-order valence-electron chi connectivity index (χ0n) is 15.1. The van der Waals surface area contributed by atoms with Crippen molar-refractivity contribution < 1.29 is 17.6 Å². The van der Waals surface area contributed by atoms with Crippen LogP contribution in [0.4, 0.5) is 0 Å². The topological polar surface area (TPSA) is 70.8 Å². The Morgan fingerprint density at radius 1 is 1.23 bits per heavy atom. The van der Waals surface area contributed by atoms with E-state index in [1.807, 2.05) is 17.0 Å².